The second-order valence-corrected chi connectivity index (χ2v) is 3.48. The number of allylic oxidation sites excluding steroid dienone is 1. The van der Waals surface area contributed by atoms with E-state index in [-0.39, 0.29) is 0 Å². The fourth-order valence-corrected chi connectivity index (χ4v) is 1.43. The van der Waals surface area contributed by atoms with Crippen molar-refractivity contribution < 1.29 is 5.21 Å². The third kappa shape index (κ3) is 4.45. The van der Waals surface area contributed by atoms with Crippen LogP contribution in [0.25, 0.3) is 0 Å². The Morgan fingerprint density at radius 1 is 1.27 bits per heavy atom. The van der Waals surface area contributed by atoms with Gasteiger partial charge in [-0.3, -0.25) is 0 Å². The van der Waals surface area contributed by atoms with Gasteiger partial charge < -0.3 is 5.21 Å². The molecule has 0 atom stereocenters. The third-order valence-corrected chi connectivity index (χ3v) is 2.32. The van der Waals surface area contributed by atoms with E-state index in [2.05, 4.69) is 23.9 Å². The lowest BCUT2D eigenvalue weighted by molar-refractivity contribution is 0.316. The first-order valence-corrected chi connectivity index (χ1v) is 5.21. The molecule has 0 aromatic heterocycles. The molecule has 1 N–H and O–H groups in total. The van der Waals surface area contributed by atoms with Gasteiger partial charge in [-0.25, -0.2) is 0 Å². The SMILES string of the molecule is C=CCC/C(CCc1ccccc1)=N\O. The van der Waals surface area contributed by atoms with Crippen molar-refractivity contribution in [3.8, 4) is 0 Å². The molecule has 2 heteroatoms. The Hall–Kier alpha value is -1.57. The second-order valence-electron chi connectivity index (χ2n) is 3.48. The number of rotatable bonds is 6. The summed E-state index contributed by atoms with van der Waals surface area (Å²) in [6.45, 7) is 3.65. The molecule has 1 rings (SSSR count). The van der Waals surface area contributed by atoms with Crippen LogP contribution in [0.2, 0.25) is 0 Å². The summed E-state index contributed by atoms with van der Waals surface area (Å²) in [6.07, 6.45) is 5.25. The van der Waals surface area contributed by atoms with Crippen LogP contribution in [0.3, 0.4) is 0 Å². The molecule has 0 aliphatic rings. The highest BCUT2D eigenvalue weighted by Gasteiger charge is 2.00. The largest absolute Gasteiger partial charge is 0.411 e. The van der Waals surface area contributed by atoms with Gasteiger partial charge >= 0.3 is 0 Å². The Kier molecular flexibility index (Phi) is 5.23. The lowest BCUT2D eigenvalue weighted by atomic mass is 10.0. The van der Waals surface area contributed by atoms with Crippen LogP contribution in [0, 0.1) is 0 Å². The molecule has 80 valence electrons. The zero-order valence-electron chi connectivity index (χ0n) is 8.89. The quantitative estimate of drug-likeness (QED) is 0.327. The molecule has 0 saturated heterocycles. The lowest BCUT2D eigenvalue weighted by Crippen LogP contribution is -2.00. The van der Waals surface area contributed by atoms with Gasteiger partial charge in [0.15, 0.2) is 0 Å². The minimum Gasteiger partial charge on any atom is -0.411 e. The predicted molar refractivity (Wildman–Crippen MR) is 63.4 cm³/mol. The summed E-state index contributed by atoms with van der Waals surface area (Å²) in [6, 6.07) is 10.2. The standard InChI is InChI=1S/C13H17NO/c1-2-3-9-13(14-15)11-10-12-7-5-4-6-8-12/h2,4-8,15H,1,3,9-11H2/b14-13+. The first kappa shape index (κ1) is 11.5. The van der Waals surface area contributed by atoms with Crippen LogP contribution < -0.4 is 0 Å². The van der Waals surface area contributed by atoms with Crippen molar-refractivity contribution in [1.82, 2.24) is 0 Å². The summed E-state index contributed by atoms with van der Waals surface area (Å²) >= 11 is 0. The number of benzene rings is 1. The van der Waals surface area contributed by atoms with E-state index < -0.39 is 0 Å². The summed E-state index contributed by atoms with van der Waals surface area (Å²) in [5.41, 5.74) is 2.12. The molecule has 0 unspecified atom stereocenters. The maximum absolute atomic E-state index is 8.78. The van der Waals surface area contributed by atoms with E-state index in [0.29, 0.717) is 0 Å². The molecule has 0 aliphatic carbocycles. The molecule has 1 aromatic rings. The highest BCUT2D eigenvalue weighted by Crippen LogP contribution is 2.06. The van der Waals surface area contributed by atoms with Crippen molar-refractivity contribution in [3.05, 3.63) is 48.6 Å². The van der Waals surface area contributed by atoms with Crippen LogP contribution in [-0.4, -0.2) is 10.9 Å². The molecule has 0 fully saturated rings. The van der Waals surface area contributed by atoms with Crippen molar-refractivity contribution in [3.63, 3.8) is 0 Å². The molecule has 0 saturated carbocycles. The average Bonchev–Trinajstić information content (AvgIpc) is 2.31. The summed E-state index contributed by atoms with van der Waals surface area (Å²) < 4.78 is 0. The topological polar surface area (TPSA) is 32.6 Å². The summed E-state index contributed by atoms with van der Waals surface area (Å²) in [5.74, 6) is 0. The summed E-state index contributed by atoms with van der Waals surface area (Å²) in [4.78, 5) is 0. The number of aryl methyl sites for hydroxylation is 1. The van der Waals surface area contributed by atoms with E-state index in [1.807, 2.05) is 24.3 Å². The molecular formula is C13H17NO. The maximum atomic E-state index is 8.78. The second kappa shape index (κ2) is 6.82. The molecule has 2 nitrogen and oxygen atoms in total. The Bertz CT molecular complexity index is 317. The number of hydrogen-bond donors (Lipinski definition) is 1. The van der Waals surface area contributed by atoms with Gasteiger partial charge in [0.2, 0.25) is 0 Å². The Labute approximate surface area is 90.9 Å². The normalized spacial score (nSPS) is 11.3. The third-order valence-electron chi connectivity index (χ3n) is 2.32. The first-order valence-electron chi connectivity index (χ1n) is 5.21. The molecule has 0 amide bonds. The molecular weight excluding hydrogens is 186 g/mol. The van der Waals surface area contributed by atoms with Crippen LogP contribution >= 0.6 is 0 Å². The van der Waals surface area contributed by atoms with Crippen molar-refractivity contribution in [2.24, 2.45) is 5.16 Å². The van der Waals surface area contributed by atoms with Gasteiger partial charge in [0.1, 0.15) is 0 Å². The first-order chi connectivity index (χ1) is 7.36. The average molecular weight is 203 g/mol. The van der Waals surface area contributed by atoms with Crippen LogP contribution in [0.1, 0.15) is 24.8 Å². The van der Waals surface area contributed by atoms with Crippen molar-refractivity contribution in [2.45, 2.75) is 25.7 Å². The molecule has 0 spiro atoms. The highest BCUT2D eigenvalue weighted by molar-refractivity contribution is 5.84. The zero-order valence-corrected chi connectivity index (χ0v) is 8.89. The fraction of sp³-hybridized carbons (Fsp3) is 0.308. The van der Waals surface area contributed by atoms with E-state index in [4.69, 9.17) is 5.21 Å². The van der Waals surface area contributed by atoms with E-state index in [9.17, 15) is 0 Å². The fourth-order valence-electron chi connectivity index (χ4n) is 1.43. The van der Waals surface area contributed by atoms with Gasteiger partial charge in [-0.1, -0.05) is 41.6 Å². The van der Waals surface area contributed by atoms with Crippen molar-refractivity contribution in [1.29, 1.82) is 0 Å². The minimum absolute atomic E-state index is 0.798. The Balaban J connectivity index is 2.38. The Morgan fingerprint density at radius 3 is 2.60 bits per heavy atom. The zero-order chi connectivity index (χ0) is 10.9. The Morgan fingerprint density at radius 2 is 2.00 bits per heavy atom. The molecule has 0 bridgehead atoms. The predicted octanol–water partition coefficient (Wildman–Crippen LogP) is 3.42. The maximum Gasteiger partial charge on any atom is 0.0577 e. The number of hydrogen-bond acceptors (Lipinski definition) is 2. The smallest absolute Gasteiger partial charge is 0.0577 e. The van der Waals surface area contributed by atoms with E-state index in [1.165, 1.54) is 5.56 Å². The highest BCUT2D eigenvalue weighted by atomic mass is 16.4. The summed E-state index contributed by atoms with van der Waals surface area (Å²) in [7, 11) is 0. The number of nitrogens with zero attached hydrogens (tertiary/aromatic N) is 1. The molecule has 0 heterocycles. The minimum atomic E-state index is 0.798. The summed E-state index contributed by atoms with van der Waals surface area (Å²) in [5, 5.41) is 12.1. The van der Waals surface area contributed by atoms with Crippen LogP contribution in [-0.2, 0) is 6.42 Å². The van der Waals surface area contributed by atoms with Crippen LogP contribution in [0.15, 0.2) is 48.1 Å². The van der Waals surface area contributed by atoms with E-state index >= 15 is 0 Å². The number of oxime groups is 1. The van der Waals surface area contributed by atoms with Gasteiger partial charge in [0.05, 0.1) is 5.71 Å². The van der Waals surface area contributed by atoms with E-state index in [1.54, 1.807) is 0 Å². The van der Waals surface area contributed by atoms with Crippen molar-refractivity contribution >= 4 is 5.71 Å². The van der Waals surface area contributed by atoms with Crippen LogP contribution in [0.4, 0.5) is 0 Å². The van der Waals surface area contributed by atoms with Gasteiger partial charge in [0.25, 0.3) is 0 Å². The van der Waals surface area contributed by atoms with Gasteiger partial charge in [-0.15, -0.1) is 6.58 Å². The van der Waals surface area contributed by atoms with Gasteiger partial charge in [-0.2, -0.15) is 0 Å². The molecule has 0 aliphatic heterocycles. The van der Waals surface area contributed by atoms with Gasteiger partial charge in [0, 0.05) is 0 Å². The van der Waals surface area contributed by atoms with Crippen molar-refractivity contribution in [2.75, 3.05) is 0 Å². The van der Waals surface area contributed by atoms with Gasteiger partial charge in [-0.05, 0) is 31.2 Å². The van der Waals surface area contributed by atoms with E-state index in [0.717, 1.165) is 31.4 Å². The van der Waals surface area contributed by atoms with Crippen LogP contribution in [0.5, 0.6) is 0 Å². The lowest BCUT2D eigenvalue weighted by Gasteiger charge is -2.02. The molecule has 15 heavy (non-hydrogen) atoms. The molecule has 1 aromatic carbocycles. The monoisotopic (exact) mass is 203 g/mol. The molecule has 0 radical (unpaired) electrons.